The van der Waals surface area contributed by atoms with Gasteiger partial charge >= 0.3 is 15.7 Å². The van der Waals surface area contributed by atoms with Gasteiger partial charge in [0, 0.05) is 0 Å². The normalized spacial score (nSPS) is 33.7. The summed E-state index contributed by atoms with van der Waals surface area (Å²) in [5.74, 6) is 0. The van der Waals surface area contributed by atoms with E-state index in [2.05, 4.69) is 4.52 Å². The first-order valence-electron chi connectivity index (χ1n) is 2.09. The van der Waals surface area contributed by atoms with E-state index < -0.39 is 24.2 Å². The molecule has 1 heterocycles. The molecule has 1 rings (SSSR count). The van der Waals surface area contributed by atoms with Crippen LogP contribution in [-0.4, -0.2) is 0 Å². The fourth-order valence-electron chi connectivity index (χ4n) is 0.387. The molecule has 1 atom stereocenters. The summed E-state index contributed by atoms with van der Waals surface area (Å²) in [5, 5.41) is 0. The summed E-state index contributed by atoms with van der Waals surface area (Å²) < 4.78 is 64.1. The molecule has 3 nitrogen and oxygen atoms in total. The van der Waals surface area contributed by atoms with E-state index in [0.29, 0.717) is 0 Å². The van der Waals surface area contributed by atoms with Crippen LogP contribution in [0.1, 0.15) is 0 Å². The van der Waals surface area contributed by atoms with Crippen molar-refractivity contribution in [3.63, 3.8) is 0 Å². The lowest BCUT2D eigenvalue weighted by atomic mass is 13.8. The highest BCUT2D eigenvalue weighted by atomic mass is 31.3. The maximum atomic E-state index is 12.0. The Morgan fingerprint density at radius 1 is 1.18 bits per heavy atom. The number of hydrogen-bond donors (Lipinski definition) is 1. The van der Waals surface area contributed by atoms with Crippen LogP contribution in [0.5, 0.6) is 0 Å². The second-order valence-electron chi connectivity index (χ2n) is 1.48. The van der Waals surface area contributed by atoms with Crippen molar-refractivity contribution in [3.05, 3.63) is 0 Å². The highest BCUT2D eigenvalue weighted by Crippen LogP contribution is 2.75. The van der Waals surface area contributed by atoms with Crippen molar-refractivity contribution in [2.45, 2.75) is 0 Å². The summed E-state index contributed by atoms with van der Waals surface area (Å²) in [6.45, 7) is 0. The molecule has 1 aliphatic rings. The standard InChI is InChI=1S/F5HN3P3/c1-9-6-10(2,3)8-11(4,5)7-9/h6H. The topological polar surface area (TPSA) is 36.8 Å². The molecule has 1 aliphatic heterocycles. The lowest BCUT2D eigenvalue weighted by Crippen LogP contribution is -1.94. The van der Waals surface area contributed by atoms with Crippen molar-refractivity contribution >= 4 is 24.2 Å². The first kappa shape index (κ1) is 9.59. The molecule has 0 radical (unpaired) electrons. The van der Waals surface area contributed by atoms with E-state index >= 15 is 0 Å². The Hall–Kier alpha value is 0.500. The SMILES string of the molecule is FP1N=P(F)(F)N=P(F)(F)N1. The molecule has 1 N–H and O–H groups in total. The van der Waals surface area contributed by atoms with Crippen LogP contribution in [-0.2, 0) is 0 Å². The Kier molecular flexibility index (Phi) is 2.41. The van der Waals surface area contributed by atoms with Crippen LogP contribution in [0.2, 0.25) is 0 Å². The van der Waals surface area contributed by atoms with Gasteiger partial charge in [0.15, 0.2) is 0 Å². The number of rotatable bonds is 0. The van der Waals surface area contributed by atoms with Crippen LogP contribution in [0.25, 0.3) is 0 Å². The number of nitrogens with one attached hydrogen (secondary N) is 1. The molecule has 1 unspecified atom stereocenters. The van der Waals surface area contributed by atoms with E-state index in [1.54, 1.807) is 0 Å². The minimum absolute atomic E-state index is 1.00. The molecule has 0 saturated heterocycles. The zero-order valence-electron chi connectivity index (χ0n) is 4.63. The molecular weight excluding hydrogens is 230 g/mol. The monoisotopic (exact) mass is 231 g/mol. The van der Waals surface area contributed by atoms with Gasteiger partial charge in [0.25, 0.3) is 8.53 Å². The quantitative estimate of drug-likeness (QED) is 0.481. The first-order chi connectivity index (χ1) is 4.81. The predicted octanol–water partition coefficient (Wildman–Crippen LogP) is 4.56. The highest BCUT2D eigenvalue weighted by molar-refractivity contribution is 7.78. The molecule has 66 valence electrons. The Morgan fingerprint density at radius 2 is 1.73 bits per heavy atom. The van der Waals surface area contributed by atoms with E-state index in [4.69, 9.17) is 0 Å². The maximum Gasteiger partial charge on any atom is 0.422 e. The zero-order valence-corrected chi connectivity index (χ0v) is 7.31. The van der Waals surface area contributed by atoms with Crippen LogP contribution in [0.4, 0.5) is 21.0 Å². The van der Waals surface area contributed by atoms with E-state index in [1.807, 2.05) is 4.52 Å². The third-order valence-corrected chi connectivity index (χ3v) is 5.48. The second-order valence-corrected chi connectivity index (χ2v) is 6.11. The van der Waals surface area contributed by atoms with E-state index in [1.165, 1.54) is 0 Å². The largest absolute Gasteiger partial charge is 0.422 e. The van der Waals surface area contributed by atoms with Crippen molar-refractivity contribution < 1.29 is 21.0 Å². The molecule has 0 aromatic heterocycles. The summed E-state index contributed by atoms with van der Waals surface area (Å²) in [7, 11) is -13.9. The van der Waals surface area contributed by atoms with Crippen molar-refractivity contribution in [1.29, 1.82) is 0 Å². The molecule has 11 heteroatoms. The van der Waals surface area contributed by atoms with Gasteiger partial charge in [0.2, 0.25) is 0 Å². The minimum atomic E-state index is -5.37. The fourth-order valence-corrected chi connectivity index (χ4v) is 4.52. The van der Waals surface area contributed by atoms with Crippen LogP contribution >= 0.6 is 24.2 Å². The Balaban J connectivity index is 3.10. The lowest BCUT2D eigenvalue weighted by Gasteiger charge is -2.13. The van der Waals surface area contributed by atoms with Gasteiger partial charge in [-0.05, 0) is 0 Å². The van der Waals surface area contributed by atoms with Gasteiger partial charge in [-0.15, -0.1) is 12.9 Å². The molecule has 0 amide bonds. The lowest BCUT2D eigenvalue weighted by molar-refractivity contribution is 0.686. The van der Waals surface area contributed by atoms with Crippen molar-refractivity contribution in [2.24, 2.45) is 9.03 Å². The Labute approximate surface area is 60.1 Å². The van der Waals surface area contributed by atoms with E-state index in [0.717, 1.165) is 4.86 Å². The molecule has 0 fully saturated rings. The summed E-state index contributed by atoms with van der Waals surface area (Å²) in [4.78, 5) is 1.00. The van der Waals surface area contributed by atoms with Crippen LogP contribution in [0.15, 0.2) is 9.03 Å². The van der Waals surface area contributed by atoms with E-state index in [9.17, 15) is 21.0 Å². The average Bonchev–Trinajstić information content (AvgIpc) is 1.49. The van der Waals surface area contributed by atoms with Crippen LogP contribution in [0, 0.1) is 0 Å². The second kappa shape index (κ2) is 2.77. The van der Waals surface area contributed by atoms with Crippen LogP contribution < -0.4 is 4.86 Å². The number of hydrogen-bond acceptors (Lipinski definition) is 3. The molecule has 0 aromatic carbocycles. The molecule has 11 heavy (non-hydrogen) atoms. The zero-order chi connectivity index (χ0) is 8.70. The third-order valence-electron chi connectivity index (χ3n) is 0.609. The molecule has 0 spiro atoms. The molecular formula is HF5N3P3. The van der Waals surface area contributed by atoms with E-state index in [-0.39, 0.29) is 0 Å². The Morgan fingerprint density at radius 3 is 2.09 bits per heavy atom. The smallest absolute Gasteiger partial charge is 0.181 e. The van der Waals surface area contributed by atoms with Gasteiger partial charge in [-0.3, -0.25) is 0 Å². The van der Waals surface area contributed by atoms with Crippen LogP contribution in [0.3, 0.4) is 0 Å². The molecule has 0 bridgehead atoms. The van der Waals surface area contributed by atoms with Crippen molar-refractivity contribution in [1.82, 2.24) is 4.86 Å². The summed E-state index contributed by atoms with van der Waals surface area (Å²) >= 11 is 0. The highest BCUT2D eigenvalue weighted by Gasteiger charge is 2.36. The van der Waals surface area contributed by atoms with Gasteiger partial charge in [0.05, 0.1) is 0 Å². The summed E-state index contributed by atoms with van der Waals surface area (Å²) in [5.41, 5.74) is 0. The van der Waals surface area contributed by atoms with Crippen molar-refractivity contribution in [3.8, 4) is 0 Å². The fraction of sp³-hybridized carbons (Fsp3) is 0. The third kappa shape index (κ3) is 2.79. The predicted molar refractivity (Wildman–Crippen MR) is 34.3 cm³/mol. The maximum absolute atomic E-state index is 12.0. The first-order valence-corrected chi connectivity index (χ1v) is 6.28. The molecule has 0 aliphatic carbocycles. The molecule has 0 aromatic rings. The van der Waals surface area contributed by atoms with Crippen molar-refractivity contribution in [2.75, 3.05) is 0 Å². The van der Waals surface area contributed by atoms with Gasteiger partial charge in [-0.1, -0.05) is 0 Å². The van der Waals surface area contributed by atoms with Gasteiger partial charge in [-0.25, -0.2) is 0 Å². The number of halogens is 5. The number of nitrogens with zero attached hydrogens (tertiary/aromatic N) is 2. The van der Waals surface area contributed by atoms with Gasteiger partial charge in [-0.2, -0.15) is 22.0 Å². The summed E-state index contributed by atoms with van der Waals surface area (Å²) in [6.07, 6.45) is 0. The summed E-state index contributed by atoms with van der Waals surface area (Å²) in [6, 6.07) is 0. The average molecular weight is 231 g/mol. The Bertz CT molecular complexity index is 258. The minimum Gasteiger partial charge on any atom is -0.181 e. The van der Waals surface area contributed by atoms with Gasteiger partial charge in [0.1, 0.15) is 0 Å². The molecule has 0 saturated carbocycles. The van der Waals surface area contributed by atoms with Gasteiger partial charge < -0.3 is 0 Å².